The number of sulfone groups is 1. The Morgan fingerprint density at radius 1 is 1.00 bits per heavy atom. The molecule has 31 heavy (non-hydrogen) atoms. The van der Waals surface area contributed by atoms with Crippen LogP contribution in [-0.4, -0.2) is 41.9 Å². The van der Waals surface area contributed by atoms with Crippen molar-refractivity contribution in [3.05, 3.63) is 60.7 Å². The summed E-state index contributed by atoms with van der Waals surface area (Å²) in [5, 5.41) is 7.12. The Labute approximate surface area is 174 Å². The molecule has 12 heteroatoms. The van der Waals surface area contributed by atoms with E-state index in [1.807, 2.05) is 0 Å². The van der Waals surface area contributed by atoms with Gasteiger partial charge in [-0.3, -0.25) is 0 Å². The number of rotatable bonds is 3. The first-order valence-corrected chi connectivity index (χ1v) is 10.2. The zero-order valence-electron chi connectivity index (χ0n) is 15.8. The molecule has 164 valence electrons. The van der Waals surface area contributed by atoms with Gasteiger partial charge in [0.05, 0.1) is 4.90 Å². The highest BCUT2D eigenvalue weighted by atomic mass is 32.2. The normalized spacial score (nSPS) is 11.4. The quantitative estimate of drug-likeness (QED) is 0.577. The van der Waals surface area contributed by atoms with Crippen molar-refractivity contribution in [2.45, 2.75) is 11.1 Å². The molecule has 0 atom stereocenters. The number of nitrogens with two attached hydrogens (primary N) is 1. The van der Waals surface area contributed by atoms with Gasteiger partial charge in [0.25, 0.3) is 0 Å². The zero-order chi connectivity index (χ0) is 23.4. The molecule has 0 fully saturated rings. The summed E-state index contributed by atoms with van der Waals surface area (Å²) in [4.78, 5) is 16.7. The molecule has 1 heterocycles. The van der Waals surface area contributed by atoms with Crippen molar-refractivity contribution in [1.29, 1.82) is 0 Å². The monoisotopic (exact) mass is 457 g/mol. The third-order valence-electron chi connectivity index (χ3n) is 3.79. The molecule has 0 saturated heterocycles. The molecular formula is C19H15F4N3O4S. The van der Waals surface area contributed by atoms with E-state index in [1.54, 1.807) is 30.3 Å². The van der Waals surface area contributed by atoms with Gasteiger partial charge in [-0.05, 0) is 17.7 Å². The van der Waals surface area contributed by atoms with E-state index in [9.17, 15) is 26.0 Å². The standard InChI is InChI=1S/C17H14FN3O2S.C2HF3O2/c1-24(22,23)16-5-3-2-4-14(16)11-6-7-13(15(18)8-11)12-9-20-17(19)21-10-12;3-2(4,5)1(6)7/h2-10H,1H3,(H2,19,20,21);(H,6,7). The second kappa shape index (κ2) is 9.08. The first-order chi connectivity index (χ1) is 14.3. The average molecular weight is 457 g/mol. The topological polar surface area (TPSA) is 123 Å². The minimum atomic E-state index is -5.08. The van der Waals surface area contributed by atoms with Gasteiger partial charge in [0.1, 0.15) is 5.82 Å². The van der Waals surface area contributed by atoms with Gasteiger partial charge in [-0.2, -0.15) is 13.2 Å². The fourth-order valence-corrected chi connectivity index (χ4v) is 3.33. The number of benzene rings is 2. The molecule has 0 saturated carbocycles. The summed E-state index contributed by atoms with van der Waals surface area (Å²) in [6.07, 6.45) is -1.09. The van der Waals surface area contributed by atoms with Crippen LogP contribution in [0.4, 0.5) is 23.5 Å². The van der Waals surface area contributed by atoms with E-state index in [0.717, 1.165) is 6.26 Å². The van der Waals surface area contributed by atoms with Crippen LogP contribution in [0.3, 0.4) is 0 Å². The maximum Gasteiger partial charge on any atom is 0.490 e. The Morgan fingerprint density at radius 3 is 2.03 bits per heavy atom. The molecular weight excluding hydrogens is 442 g/mol. The van der Waals surface area contributed by atoms with E-state index < -0.39 is 27.8 Å². The summed E-state index contributed by atoms with van der Waals surface area (Å²) in [5.74, 6) is -3.14. The van der Waals surface area contributed by atoms with Crippen LogP contribution in [0.1, 0.15) is 0 Å². The second-order valence-corrected chi connectivity index (χ2v) is 8.08. The van der Waals surface area contributed by atoms with E-state index in [0.29, 0.717) is 22.3 Å². The number of anilines is 1. The van der Waals surface area contributed by atoms with E-state index in [1.165, 1.54) is 24.5 Å². The van der Waals surface area contributed by atoms with Crippen LogP contribution in [0.2, 0.25) is 0 Å². The fourth-order valence-electron chi connectivity index (χ4n) is 2.42. The number of nitrogens with zero attached hydrogens (tertiary/aromatic N) is 2. The number of halogens is 4. The lowest BCUT2D eigenvalue weighted by Crippen LogP contribution is -2.21. The summed E-state index contributed by atoms with van der Waals surface area (Å²) in [5.41, 5.74) is 7.17. The maximum atomic E-state index is 14.5. The lowest BCUT2D eigenvalue weighted by atomic mass is 10.0. The smallest absolute Gasteiger partial charge is 0.475 e. The molecule has 0 amide bonds. The van der Waals surface area contributed by atoms with Crippen molar-refractivity contribution in [2.24, 2.45) is 0 Å². The molecule has 1 aromatic heterocycles. The molecule has 0 unspecified atom stereocenters. The molecule has 3 N–H and O–H groups in total. The minimum absolute atomic E-state index is 0.109. The lowest BCUT2D eigenvalue weighted by Gasteiger charge is -2.10. The molecule has 0 aliphatic rings. The second-order valence-electron chi connectivity index (χ2n) is 6.10. The van der Waals surface area contributed by atoms with Gasteiger partial charge < -0.3 is 10.8 Å². The van der Waals surface area contributed by atoms with Crippen molar-refractivity contribution in [3.63, 3.8) is 0 Å². The number of carbonyl (C=O) groups is 1. The van der Waals surface area contributed by atoms with Gasteiger partial charge in [-0.15, -0.1) is 0 Å². The van der Waals surface area contributed by atoms with Crippen LogP contribution in [0.5, 0.6) is 0 Å². The predicted molar refractivity (Wildman–Crippen MR) is 104 cm³/mol. The van der Waals surface area contributed by atoms with E-state index in [2.05, 4.69) is 9.97 Å². The van der Waals surface area contributed by atoms with Crippen molar-refractivity contribution in [3.8, 4) is 22.3 Å². The van der Waals surface area contributed by atoms with Crippen molar-refractivity contribution >= 4 is 21.8 Å². The van der Waals surface area contributed by atoms with Crippen LogP contribution < -0.4 is 5.73 Å². The van der Waals surface area contributed by atoms with Gasteiger partial charge in [0.15, 0.2) is 9.84 Å². The highest BCUT2D eigenvalue weighted by Gasteiger charge is 2.38. The lowest BCUT2D eigenvalue weighted by molar-refractivity contribution is -0.192. The average Bonchev–Trinajstić information content (AvgIpc) is 2.68. The van der Waals surface area contributed by atoms with Crippen molar-refractivity contribution in [1.82, 2.24) is 9.97 Å². The maximum absolute atomic E-state index is 14.5. The summed E-state index contributed by atoms with van der Waals surface area (Å²) in [7, 11) is -3.42. The molecule has 3 aromatic rings. The minimum Gasteiger partial charge on any atom is -0.475 e. The van der Waals surface area contributed by atoms with Crippen LogP contribution in [0.25, 0.3) is 22.3 Å². The van der Waals surface area contributed by atoms with Crippen LogP contribution in [0, 0.1) is 5.82 Å². The SMILES string of the molecule is CS(=O)(=O)c1ccccc1-c1ccc(-c2cnc(N)nc2)c(F)c1.O=C(O)C(F)(F)F. The predicted octanol–water partition coefficient (Wildman–Crippen LogP) is 3.57. The van der Waals surface area contributed by atoms with E-state index >= 15 is 0 Å². The molecule has 0 aliphatic carbocycles. The molecule has 0 aliphatic heterocycles. The fraction of sp³-hybridized carbons (Fsp3) is 0.105. The Balaban J connectivity index is 0.000000423. The van der Waals surface area contributed by atoms with Gasteiger partial charge in [0.2, 0.25) is 5.95 Å². The van der Waals surface area contributed by atoms with Crippen molar-refractivity contribution in [2.75, 3.05) is 12.0 Å². The molecule has 0 radical (unpaired) electrons. The van der Waals surface area contributed by atoms with Gasteiger partial charge in [-0.25, -0.2) is 27.6 Å². The molecule has 0 bridgehead atoms. The van der Waals surface area contributed by atoms with Gasteiger partial charge in [-0.1, -0.05) is 30.3 Å². The summed E-state index contributed by atoms with van der Waals surface area (Å²) >= 11 is 0. The Hall–Kier alpha value is -3.54. The summed E-state index contributed by atoms with van der Waals surface area (Å²) < 4.78 is 70.1. The number of hydrogen-bond acceptors (Lipinski definition) is 6. The Morgan fingerprint density at radius 2 is 1.55 bits per heavy atom. The number of carboxylic acids is 1. The van der Waals surface area contributed by atoms with E-state index in [-0.39, 0.29) is 10.8 Å². The van der Waals surface area contributed by atoms with Crippen LogP contribution in [0.15, 0.2) is 59.8 Å². The molecule has 2 aromatic carbocycles. The highest BCUT2D eigenvalue weighted by molar-refractivity contribution is 7.90. The Bertz CT molecular complexity index is 1200. The summed E-state index contributed by atoms with van der Waals surface area (Å²) in [6.45, 7) is 0. The number of alkyl halides is 3. The third-order valence-corrected chi connectivity index (χ3v) is 4.95. The van der Waals surface area contributed by atoms with E-state index in [4.69, 9.17) is 15.6 Å². The molecule has 0 spiro atoms. The van der Waals surface area contributed by atoms with Crippen molar-refractivity contribution < 1.29 is 35.9 Å². The number of nitrogen functional groups attached to an aromatic ring is 1. The summed E-state index contributed by atoms with van der Waals surface area (Å²) in [6, 6.07) is 11.0. The number of aromatic nitrogens is 2. The van der Waals surface area contributed by atoms with Gasteiger partial charge >= 0.3 is 12.1 Å². The largest absolute Gasteiger partial charge is 0.490 e. The van der Waals surface area contributed by atoms with Crippen LogP contribution in [-0.2, 0) is 14.6 Å². The number of carboxylic acid groups (broad SMARTS) is 1. The highest BCUT2D eigenvalue weighted by Crippen LogP contribution is 2.31. The Kier molecular flexibility index (Phi) is 6.95. The van der Waals surface area contributed by atoms with Crippen LogP contribution >= 0.6 is 0 Å². The first-order valence-electron chi connectivity index (χ1n) is 8.27. The number of aliphatic carboxylic acids is 1. The molecule has 3 rings (SSSR count). The van der Waals surface area contributed by atoms with Gasteiger partial charge in [0, 0.05) is 35.3 Å². The number of hydrogen-bond donors (Lipinski definition) is 2. The first kappa shape index (κ1) is 23.7. The zero-order valence-corrected chi connectivity index (χ0v) is 16.6. The molecule has 7 nitrogen and oxygen atoms in total. The third kappa shape index (κ3) is 6.22.